The second kappa shape index (κ2) is 6.65. The Morgan fingerprint density at radius 2 is 2.33 bits per heavy atom. The van der Waals surface area contributed by atoms with Gasteiger partial charge in [0, 0.05) is 20.1 Å². The zero-order valence-corrected chi connectivity index (χ0v) is 12.8. The van der Waals surface area contributed by atoms with Crippen molar-refractivity contribution in [2.24, 2.45) is 17.8 Å². The maximum Gasteiger partial charge on any atom is 0.223 e. The number of hydrogen-bond donors (Lipinski definition) is 0. The molecule has 2 bridgehead atoms. The molecule has 21 heavy (non-hydrogen) atoms. The van der Waals surface area contributed by atoms with Crippen molar-refractivity contribution in [3.05, 3.63) is 24.2 Å². The summed E-state index contributed by atoms with van der Waals surface area (Å²) < 4.78 is 10.5. The molecule has 0 spiro atoms. The highest BCUT2D eigenvalue weighted by Gasteiger charge is 2.40. The predicted octanol–water partition coefficient (Wildman–Crippen LogP) is 3.08. The molecule has 1 aromatic rings. The van der Waals surface area contributed by atoms with E-state index in [0.717, 1.165) is 17.6 Å². The van der Waals surface area contributed by atoms with Crippen LogP contribution >= 0.6 is 0 Å². The number of hydrogen-bond acceptors (Lipinski definition) is 3. The van der Waals surface area contributed by atoms with Gasteiger partial charge in [-0.3, -0.25) is 4.79 Å². The van der Waals surface area contributed by atoms with Crippen LogP contribution in [0.25, 0.3) is 0 Å². The van der Waals surface area contributed by atoms with E-state index < -0.39 is 0 Å². The van der Waals surface area contributed by atoms with Crippen LogP contribution in [0.2, 0.25) is 0 Å². The second-order valence-electron chi connectivity index (χ2n) is 6.53. The molecule has 1 heterocycles. The van der Waals surface area contributed by atoms with E-state index in [2.05, 4.69) is 0 Å². The third-order valence-electron chi connectivity index (χ3n) is 5.17. The Balaban J connectivity index is 1.57. The van der Waals surface area contributed by atoms with Crippen molar-refractivity contribution in [3.8, 4) is 0 Å². The third kappa shape index (κ3) is 3.49. The number of furan rings is 1. The molecule has 2 saturated carbocycles. The Labute approximate surface area is 126 Å². The lowest BCUT2D eigenvalue weighted by atomic mass is 9.86. The fourth-order valence-electron chi connectivity index (χ4n) is 4.06. The van der Waals surface area contributed by atoms with E-state index in [4.69, 9.17) is 9.15 Å². The van der Waals surface area contributed by atoms with Gasteiger partial charge >= 0.3 is 0 Å². The van der Waals surface area contributed by atoms with Crippen LogP contribution in [0.1, 0.15) is 37.9 Å². The van der Waals surface area contributed by atoms with Gasteiger partial charge in [0.25, 0.3) is 0 Å². The Hall–Kier alpha value is -1.29. The lowest BCUT2D eigenvalue weighted by Crippen LogP contribution is -2.35. The van der Waals surface area contributed by atoms with Crippen molar-refractivity contribution in [1.82, 2.24) is 4.90 Å². The fraction of sp³-hybridized carbons (Fsp3) is 0.706. The zero-order valence-electron chi connectivity index (χ0n) is 12.8. The molecule has 3 atom stereocenters. The van der Waals surface area contributed by atoms with Crippen LogP contribution < -0.4 is 0 Å². The number of nitrogens with zero attached hydrogens (tertiary/aromatic N) is 1. The molecule has 3 unspecified atom stereocenters. The maximum atomic E-state index is 12.6. The van der Waals surface area contributed by atoms with Gasteiger partial charge in [0.2, 0.25) is 5.91 Å². The number of amides is 1. The van der Waals surface area contributed by atoms with E-state index in [1.807, 2.05) is 17.0 Å². The third-order valence-corrected chi connectivity index (χ3v) is 5.17. The number of carbonyl (C=O) groups is 1. The van der Waals surface area contributed by atoms with Gasteiger partial charge in [-0.05, 0) is 49.1 Å². The number of fused-ring (bicyclic) bond motifs is 2. The largest absolute Gasteiger partial charge is 0.467 e. The average molecular weight is 291 g/mol. The van der Waals surface area contributed by atoms with E-state index in [1.165, 1.54) is 25.7 Å². The van der Waals surface area contributed by atoms with Crippen molar-refractivity contribution >= 4 is 5.91 Å². The van der Waals surface area contributed by atoms with Crippen molar-refractivity contribution in [3.63, 3.8) is 0 Å². The van der Waals surface area contributed by atoms with Crippen LogP contribution in [-0.2, 0) is 16.1 Å². The quantitative estimate of drug-likeness (QED) is 0.775. The normalized spacial score (nSPS) is 27.2. The van der Waals surface area contributed by atoms with Crippen LogP contribution in [0.15, 0.2) is 22.8 Å². The van der Waals surface area contributed by atoms with E-state index in [9.17, 15) is 4.79 Å². The topological polar surface area (TPSA) is 42.7 Å². The first-order chi connectivity index (χ1) is 10.3. The van der Waals surface area contributed by atoms with Gasteiger partial charge in [-0.25, -0.2) is 0 Å². The van der Waals surface area contributed by atoms with Gasteiger partial charge in [0.1, 0.15) is 5.76 Å². The Kier molecular flexibility index (Phi) is 4.63. The van der Waals surface area contributed by atoms with Crippen LogP contribution in [0.4, 0.5) is 0 Å². The van der Waals surface area contributed by atoms with Crippen LogP contribution in [0, 0.1) is 17.8 Å². The van der Waals surface area contributed by atoms with Gasteiger partial charge in [-0.1, -0.05) is 6.42 Å². The van der Waals surface area contributed by atoms with E-state index in [1.54, 1.807) is 13.4 Å². The lowest BCUT2D eigenvalue weighted by molar-refractivity contribution is -0.134. The standard InChI is InChI=1S/C17H25NO3/c1-20-8-6-18(12-16-3-2-7-21-16)17(19)11-15-10-13-4-5-14(15)9-13/h2-3,7,13-15H,4-6,8-12H2,1H3. The summed E-state index contributed by atoms with van der Waals surface area (Å²) in [6.45, 7) is 1.76. The predicted molar refractivity (Wildman–Crippen MR) is 79.6 cm³/mol. The van der Waals surface area contributed by atoms with E-state index >= 15 is 0 Å². The molecule has 2 aliphatic rings. The molecule has 3 rings (SSSR count). The summed E-state index contributed by atoms with van der Waals surface area (Å²) in [6.07, 6.45) is 7.69. The van der Waals surface area contributed by atoms with Crippen LogP contribution in [0.3, 0.4) is 0 Å². The van der Waals surface area contributed by atoms with Gasteiger partial charge in [0.05, 0.1) is 19.4 Å². The molecule has 0 aromatic carbocycles. The number of rotatable bonds is 7. The molecule has 1 amide bonds. The molecule has 0 N–H and O–H groups in total. The number of carbonyl (C=O) groups excluding carboxylic acids is 1. The van der Waals surface area contributed by atoms with Gasteiger partial charge < -0.3 is 14.1 Å². The van der Waals surface area contributed by atoms with Gasteiger partial charge in [-0.2, -0.15) is 0 Å². The van der Waals surface area contributed by atoms with Crippen molar-refractivity contribution in [1.29, 1.82) is 0 Å². The fourth-order valence-corrected chi connectivity index (χ4v) is 4.06. The molecular formula is C17H25NO3. The first-order valence-electron chi connectivity index (χ1n) is 8.05. The summed E-state index contributed by atoms with van der Waals surface area (Å²) in [4.78, 5) is 14.5. The highest BCUT2D eigenvalue weighted by Crippen LogP contribution is 2.49. The summed E-state index contributed by atoms with van der Waals surface area (Å²) >= 11 is 0. The molecule has 116 valence electrons. The molecule has 2 fully saturated rings. The summed E-state index contributed by atoms with van der Waals surface area (Å²) in [5, 5.41) is 0. The molecule has 0 aliphatic heterocycles. The molecule has 4 nitrogen and oxygen atoms in total. The minimum absolute atomic E-state index is 0.251. The molecule has 0 saturated heterocycles. The number of methoxy groups -OCH3 is 1. The minimum Gasteiger partial charge on any atom is -0.467 e. The summed E-state index contributed by atoms with van der Waals surface area (Å²) in [5.74, 6) is 3.39. The van der Waals surface area contributed by atoms with Crippen molar-refractivity contribution < 1.29 is 13.9 Å². The molecule has 2 aliphatic carbocycles. The molecule has 4 heteroatoms. The molecule has 1 aromatic heterocycles. The summed E-state index contributed by atoms with van der Waals surface area (Å²) in [6, 6.07) is 3.79. The van der Waals surface area contributed by atoms with Crippen LogP contribution in [-0.4, -0.2) is 31.1 Å². The zero-order chi connectivity index (χ0) is 14.7. The summed E-state index contributed by atoms with van der Waals surface area (Å²) in [5.41, 5.74) is 0. The summed E-state index contributed by atoms with van der Waals surface area (Å²) in [7, 11) is 1.67. The van der Waals surface area contributed by atoms with Crippen LogP contribution in [0.5, 0.6) is 0 Å². The minimum atomic E-state index is 0.251. The monoisotopic (exact) mass is 291 g/mol. The number of ether oxygens (including phenoxy) is 1. The van der Waals surface area contributed by atoms with Gasteiger partial charge in [-0.15, -0.1) is 0 Å². The Bertz CT molecular complexity index is 457. The maximum absolute atomic E-state index is 12.6. The smallest absolute Gasteiger partial charge is 0.223 e. The highest BCUT2D eigenvalue weighted by atomic mass is 16.5. The first kappa shape index (κ1) is 14.6. The highest BCUT2D eigenvalue weighted by molar-refractivity contribution is 5.76. The van der Waals surface area contributed by atoms with E-state index in [-0.39, 0.29) is 5.91 Å². The Morgan fingerprint density at radius 1 is 1.43 bits per heavy atom. The Morgan fingerprint density at radius 3 is 2.95 bits per heavy atom. The lowest BCUT2D eigenvalue weighted by Gasteiger charge is -2.26. The molecule has 0 radical (unpaired) electrons. The average Bonchev–Trinajstić information content (AvgIpc) is 3.20. The SMILES string of the molecule is COCCN(Cc1ccco1)C(=O)CC1CC2CCC1C2. The second-order valence-corrected chi connectivity index (χ2v) is 6.53. The van der Waals surface area contributed by atoms with E-state index in [0.29, 0.717) is 32.0 Å². The first-order valence-corrected chi connectivity index (χ1v) is 8.05. The van der Waals surface area contributed by atoms with Crippen molar-refractivity contribution in [2.45, 2.75) is 38.6 Å². The van der Waals surface area contributed by atoms with Crippen molar-refractivity contribution in [2.75, 3.05) is 20.3 Å². The molecular weight excluding hydrogens is 266 g/mol. The van der Waals surface area contributed by atoms with Gasteiger partial charge in [0.15, 0.2) is 0 Å².